The van der Waals surface area contributed by atoms with Crippen LogP contribution in [0.25, 0.3) is 11.4 Å². The predicted octanol–water partition coefficient (Wildman–Crippen LogP) is 3.84. The van der Waals surface area contributed by atoms with E-state index in [1.807, 2.05) is 24.3 Å². The fourth-order valence-corrected chi connectivity index (χ4v) is 3.66. The smallest absolute Gasteiger partial charge is 0.213 e. The van der Waals surface area contributed by atoms with Crippen LogP contribution in [0.15, 0.2) is 58.8 Å². The SMILES string of the molecule is COc1ccccc1C1=Nn2c(nnc2-c2ccc(F)cc2)S[C@H]1C. The van der Waals surface area contributed by atoms with Gasteiger partial charge in [-0.3, -0.25) is 0 Å². The Morgan fingerprint density at radius 2 is 1.84 bits per heavy atom. The van der Waals surface area contributed by atoms with Gasteiger partial charge in [-0.05, 0) is 43.3 Å². The van der Waals surface area contributed by atoms with Crippen LogP contribution in [0.2, 0.25) is 0 Å². The van der Waals surface area contributed by atoms with Crippen molar-refractivity contribution in [3.8, 4) is 17.1 Å². The molecular weight excluding hydrogens is 339 g/mol. The van der Waals surface area contributed by atoms with E-state index in [2.05, 4.69) is 17.1 Å². The standard InChI is InChI=1S/C18H15FN4OS/c1-11-16(14-5-3-4-6-15(14)24-2)22-23-17(20-21-18(23)25-11)12-7-9-13(19)10-8-12/h3-11H,1-2H3/t11-/m0/s1. The van der Waals surface area contributed by atoms with Crippen molar-refractivity contribution in [2.45, 2.75) is 17.3 Å². The summed E-state index contributed by atoms with van der Waals surface area (Å²) in [4.78, 5) is 0. The van der Waals surface area contributed by atoms with Crippen molar-refractivity contribution in [3.05, 3.63) is 59.9 Å². The Labute approximate surface area is 148 Å². The van der Waals surface area contributed by atoms with E-state index in [9.17, 15) is 4.39 Å². The van der Waals surface area contributed by atoms with Crippen molar-refractivity contribution < 1.29 is 9.13 Å². The number of thioether (sulfide) groups is 1. The van der Waals surface area contributed by atoms with Crippen LogP contribution in [0.3, 0.4) is 0 Å². The number of fused-ring (bicyclic) bond motifs is 1. The zero-order chi connectivity index (χ0) is 17.4. The maximum absolute atomic E-state index is 13.2. The molecular formula is C18H15FN4OS. The topological polar surface area (TPSA) is 52.3 Å². The lowest BCUT2D eigenvalue weighted by molar-refractivity contribution is 0.414. The van der Waals surface area contributed by atoms with E-state index in [0.717, 1.165) is 22.6 Å². The highest BCUT2D eigenvalue weighted by Crippen LogP contribution is 2.34. The molecule has 0 N–H and O–H groups in total. The van der Waals surface area contributed by atoms with Gasteiger partial charge in [0.25, 0.3) is 0 Å². The summed E-state index contributed by atoms with van der Waals surface area (Å²) >= 11 is 1.58. The van der Waals surface area contributed by atoms with Gasteiger partial charge in [0.05, 0.1) is 18.1 Å². The van der Waals surface area contributed by atoms with Gasteiger partial charge in [0, 0.05) is 11.1 Å². The van der Waals surface area contributed by atoms with E-state index in [-0.39, 0.29) is 11.1 Å². The largest absolute Gasteiger partial charge is 0.496 e. The Kier molecular flexibility index (Phi) is 4.01. The number of aromatic nitrogens is 3. The average Bonchev–Trinajstić information content (AvgIpc) is 3.04. The van der Waals surface area contributed by atoms with E-state index < -0.39 is 0 Å². The molecule has 0 bridgehead atoms. The minimum atomic E-state index is -0.289. The monoisotopic (exact) mass is 354 g/mol. The van der Waals surface area contributed by atoms with Crippen molar-refractivity contribution in [2.75, 3.05) is 7.11 Å². The first-order valence-corrected chi connectivity index (χ1v) is 8.65. The number of hydrogen-bond donors (Lipinski definition) is 0. The van der Waals surface area contributed by atoms with Gasteiger partial charge in [0.1, 0.15) is 11.6 Å². The molecule has 4 rings (SSSR count). The molecule has 0 saturated carbocycles. The number of methoxy groups -OCH3 is 1. The summed E-state index contributed by atoms with van der Waals surface area (Å²) in [5, 5.41) is 14.1. The Balaban J connectivity index is 1.84. The van der Waals surface area contributed by atoms with Gasteiger partial charge in [0.2, 0.25) is 5.16 Å². The second-order valence-corrected chi connectivity index (χ2v) is 6.88. The minimum absolute atomic E-state index is 0.106. The summed E-state index contributed by atoms with van der Waals surface area (Å²) in [6, 6.07) is 13.9. The maximum atomic E-state index is 13.2. The minimum Gasteiger partial charge on any atom is -0.496 e. The molecule has 126 valence electrons. The molecule has 1 aliphatic rings. The summed E-state index contributed by atoms with van der Waals surface area (Å²) in [7, 11) is 1.65. The van der Waals surface area contributed by atoms with Crippen LogP contribution in [0.5, 0.6) is 5.75 Å². The van der Waals surface area contributed by atoms with E-state index in [1.165, 1.54) is 12.1 Å². The van der Waals surface area contributed by atoms with Crippen molar-refractivity contribution in [3.63, 3.8) is 0 Å². The van der Waals surface area contributed by atoms with Crippen LogP contribution in [-0.2, 0) is 0 Å². The van der Waals surface area contributed by atoms with Crippen LogP contribution in [0, 0.1) is 5.82 Å². The van der Waals surface area contributed by atoms with Crippen molar-refractivity contribution in [2.24, 2.45) is 5.10 Å². The first-order valence-electron chi connectivity index (χ1n) is 7.77. The second-order valence-electron chi connectivity index (χ2n) is 5.57. The Morgan fingerprint density at radius 3 is 2.60 bits per heavy atom. The Hall–Kier alpha value is -2.67. The molecule has 0 fully saturated rings. The molecule has 0 spiro atoms. The number of benzene rings is 2. The maximum Gasteiger partial charge on any atom is 0.213 e. The van der Waals surface area contributed by atoms with E-state index in [1.54, 1.807) is 35.7 Å². The van der Waals surface area contributed by atoms with E-state index in [0.29, 0.717) is 11.0 Å². The number of hydrogen-bond acceptors (Lipinski definition) is 5. The molecule has 0 saturated heterocycles. The van der Waals surface area contributed by atoms with Gasteiger partial charge in [-0.25, -0.2) is 4.39 Å². The molecule has 5 nitrogen and oxygen atoms in total. The van der Waals surface area contributed by atoms with Gasteiger partial charge in [-0.1, -0.05) is 23.9 Å². The zero-order valence-electron chi connectivity index (χ0n) is 13.7. The van der Waals surface area contributed by atoms with Crippen molar-refractivity contribution in [1.29, 1.82) is 0 Å². The van der Waals surface area contributed by atoms with E-state index in [4.69, 9.17) is 9.84 Å². The number of ether oxygens (including phenoxy) is 1. The third-order valence-corrected chi connectivity index (χ3v) is 5.01. The van der Waals surface area contributed by atoms with Crippen LogP contribution < -0.4 is 4.74 Å². The van der Waals surface area contributed by atoms with Crippen LogP contribution in [-0.4, -0.2) is 32.9 Å². The molecule has 0 radical (unpaired) electrons. The first-order chi connectivity index (χ1) is 12.2. The van der Waals surface area contributed by atoms with Gasteiger partial charge in [0.15, 0.2) is 5.82 Å². The van der Waals surface area contributed by atoms with Crippen LogP contribution in [0.1, 0.15) is 12.5 Å². The van der Waals surface area contributed by atoms with Gasteiger partial charge < -0.3 is 4.74 Å². The summed E-state index contributed by atoms with van der Waals surface area (Å²) in [6.07, 6.45) is 0. The molecule has 0 amide bonds. The van der Waals surface area contributed by atoms with Crippen LogP contribution >= 0.6 is 11.8 Å². The molecule has 1 aromatic heterocycles. The predicted molar refractivity (Wildman–Crippen MR) is 95.7 cm³/mol. The first kappa shape index (κ1) is 15.8. The average molecular weight is 354 g/mol. The normalized spacial score (nSPS) is 16.3. The molecule has 0 aliphatic carbocycles. The summed E-state index contributed by atoms with van der Waals surface area (Å²) in [6.45, 7) is 2.08. The quantitative estimate of drug-likeness (QED) is 0.717. The molecule has 25 heavy (non-hydrogen) atoms. The summed E-state index contributed by atoms with van der Waals surface area (Å²) in [5.74, 6) is 1.07. The van der Waals surface area contributed by atoms with Crippen LogP contribution in [0.4, 0.5) is 4.39 Å². The highest BCUT2D eigenvalue weighted by atomic mass is 32.2. The molecule has 2 heterocycles. The number of rotatable bonds is 3. The fraction of sp³-hybridized carbons (Fsp3) is 0.167. The zero-order valence-corrected chi connectivity index (χ0v) is 14.5. The molecule has 3 aromatic rings. The van der Waals surface area contributed by atoms with E-state index >= 15 is 0 Å². The molecule has 2 aromatic carbocycles. The molecule has 1 atom stereocenters. The Bertz CT molecular complexity index is 952. The third kappa shape index (κ3) is 2.80. The highest BCUT2D eigenvalue weighted by Gasteiger charge is 2.27. The number of para-hydroxylation sites is 1. The number of halogens is 1. The molecule has 1 aliphatic heterocycles. The second kappa shape index (κ2) is 6.33. The van der Waals surface area contributed by atoms with Gasteiger partial charge in [-0.15, -0.1) is 10.2 Å². The summed E-state index contributed by atoms with van der Waals surface area (Å²) in [5.41, 5.74) is 2.59. The molecule has 0 unspecified atom stereocenters. The molecule has 7 heteroatoms. The van der Waals surface area contributed by atoms with Crippen molar-refractivity contribution >= 4 is 17.5 Å². The van der Waals surface area contributed by atoms with Gasteiger partial charge >= 0.3 is 0 Å². The Morgan fingerprint density at radius 1 is 1.08 bits per heavy atom. The highest BCUT2D eigenvalue weighted by molar-refractivity contribution is 8.00. The lowest BCUT2D eigenvalue weighted by atomic mass is 10.1. The lowest BCUT2D eigenvalue weighted by Gasteiger charge is -2.21. The third-order valence-electron chi connectivity index (χ3n) is 3.97. The summed E-state index contributed by atoms with van der Waals surface area (Å²) < 4.78 is 20.4. The van der Waals surface area contributed by atoms with Crippen molar-refractivity contribution in [1.82, 2.24) is 14.9 Å². The van der Waals surface area contributed by atoms with Gasteiger partial charge in [-0.2, -0.15) is 9.78 Å². The fourth-order valence-electron chi connectivity index (χ4n) is 2.74. The lowest BCUT2D eigenvalue weighted by Crippen LogP contribution is -2.22. The number of nitrogens with zero attached hydrogens (tertiary/aromatic N) is 4.